The Morgan fingerprint density at radius 3 is 2.65 bits per heavy atom. The maximum absolute atomic E-state index is 11.8. The quantitative estimate of drug-likeness (QED) is 0.216. The molecule has 0 radical (unpaired) electrons. The number of rotatable bonds is 8. The largest absolute Gasteiger partial charge is 0.409 e. The van der Waals surface area contributed by atoms with Crippen LogP contribution in [0.5, 0.6) is 0 Å². The van der Waals surface area contributed by atoms with Gasteiger partial charge >= 0.3 is 0 Å². The number of ether oxygens (including phenoxy) is 1. The summed E-state index contributed by atoms with van der Waals surface area (Å²) < 4.78 is 5.19. The predicted molar refractivity (Wildman–Crippen MR) is 65.9 cm³/mol. The van der Waals surface area contributed by atoms with Gasteiger partial charge in [-0.2, -0.15) is 0 Å². The summed E-state index contributed by atoms with van der Waals surface area (Å²) in [5.41, 5.74) is 5.47. The van der Waals surface area contributed by atoms with Gasteiger partial charge in [0.05, 0.1) is 0 Å². The molecule has 100 valence electrons. The van der Waals surface area contributed by atoms with E-state index in [1.54, 1.807) is 11.8 Å². The molecule has 0 aromatic carbocycles. The van der Waals surface area contributed by atoms with Gasteiger partial charge in [-0.1, -0.05) is 19.0 Å². The second-order valence-corrected chi connectivity index (χ2v) is 3.91. The van der Waals surface area contributed by atoms with Gasteiger partial charge in [0.1, 0.15) is 12.4 Å². The van der Waals surface area contributed by atoms with E-state index >= 15 is 0 Å². The number of oxime groups is 1. The second kappa shape index (κ2) is 8.81. The van der Waals surface area contributed by atoms with Gasteiger partial charge in [-0.3, -0.25) is 4.79 Å². The van der Waals surface area contributed by atoms with Crippen molar-refractivity contribution in [1.82, 2.24) is 4.90 Å². The first-order chi connectivity index (χ1) is 8.06. The summed E-state index contributed by atoms with van der Waals surface area (Å²) in [6.45, 7) is 7.36. The van der Waals surface area contributed by atoms with Crippen molar-refractivity contribution in [2.24, 2.45) is 16.8 Å². The molecule has 3 N–H and O–H groups in total. The fourth-order valence-corrected chi connectivity index (χ4v) is 1.33. The van der Waals surface area contributed by atoms with Gasteiger partial charge in [0.15, 0.2) is 0 Å². The van der Waals surface area contributed by atoms with E-state index in [1.807, 2.05) is 13.8 Å². The van der Waals surface area contributed by atoms with Gasteiger partial charge in [0.2, 0.25) is 5.91 Å². The minimum Gasteiger partial charge on any atom is -0.409 e. The van der Waals surface area contributed by atoms with Crippen molar-refractivity contribution < 1.29 is 14.7 Å². The average molecular weight is 245 g/mol. The number of carbonyl (C=O) groups is 1. The molecule has 0 fully saturated rings. The third-order valence-corrected chi connectivity index (χ3v) is 2.42. The molecule has 0 aliphatic heterocycles. The van der Waals surface area contributed by atoms with Crippen LogP contribution in [0, 0.1) is 5.92 Å². The lowest BCUT2D eigenvalue weighted by Gasteiger charge is -2.23. The molecule has 0 aromatic heterocycles. The monoisotopic (exact) mass is 245 g/mol. The molecule has 0 aromatic rings. The molecule has 6 heteroatoms. The molecular weight excluding hydrogens is 222 g/mol. The van der Waals surface area contributed by atoms with E-state index in [-0.39, 0.29) is 24.3 Å². The van der Waals surface area contributed by atoms with Crippen molar-refractivity contribution in [1.29, 1.82) is 0 Å². The minimum absolute atomic E-state index is 0.0708. The van der Waals surface area contributed by atoms with E-state index in [9.17, 15) is 4.79 Å². The highest BCUT2D eigenvalue weighted by atomic mass is 16.5. The van der Waals surface area contributed by atoms with Crippen LogP contribution in [0.3, 0.4) is 0 Å². The summed E-state index contributed by atoms with van der Waals surface area (Å²) >= 11 is 0. The van der Waals surface area contributed by atoms with Crippen molar-refractivity contribution in [3.63, 3.8) is 0 Å². The number of likely N-dealkylation sites (N-methyl/N-ethyl adjacent to an activating group) is 1. The lowest BCUT2D eigenvalue weighted by atomic mass is 10.1. The zero-order chi connectivity index (χ0) is 13.3. The highest BCUT2D eigenvalue weighted by Crippen LogP contribution is 2.01. The molecule has 0 aliphatic rings. The van der Waals surface area contributed by atoms with Crippen molar-refractivity contribution in [3.05, 3.63) is 0 Å². The van der Waals surface area contributed by atoms with Crippen LogP contribution in [0.2, 0.25) is 0 Å². The topological polar surface area (TPSA) is 88.2 Å². The van der Waals surface area contributed by atoms with Gasteiger partial charge in [0.25, 0.3) is 0 Å². The highest BCUT2D eigenvalue weighted by Gasteiger charge is 2.17. The Morgan fingerprint density at radius 1 is 1.53 bits per heavy atom. The lowest BCUT2D eigenvalue weighted by molar-refractivity contribution is -0.136. The van der Waals surface area contributed by atoms with Crippen LogP contribution < -0.4 is 5.73 Å². The Hall–Kier alpha value is -1.30. The van der Waals surface area contributed by atoms with Crippen molar-refractivity contribution in [2.45, 2.75) is 27.2 Å². The molecule has 6 nitrogen and oxygen atoms in total. The Labute approximate surface area is 102 Å². The van der Waals surface area contributed by atoms with Gasteiger partial charge in [-0.25, -0.2) is 0 Å². The first-order valence-electron chi connectivity index (χ1n) is 5.89. The van der Waals surface area contributed by atoms with Crippen molar-refractivity contribution >= 4 is 11.7 Å². The van der Waals surface area contributed by atoms with Crippen LogP contribution >= 0.6 is 0 Å². The molecule has 0 spiro atoms. The average Bonchev–Trinajstić information content (AvgIpc) is 2.34. The molecule has 0 saturated carbocycles. The van der Waals surface area contributed by atoms with Crippen LogP contribution in [-0.2, 0) is 9.53 Å². The molecule has 17 heavy (non-hydrogen) atoms. The summed E-state index contributed by atoms with van der Waals surface area (Å²) in [6, 6.07) is 0. The van der Waals surface area contributed by atoms with Gasteiger partial charge < -0.3 is 20.6 Å². The summed E-state index contributed by atoms with van der Waals surface area (Å²) in [7, 11) is 0. The second-order valence-electron chi connectivity index (χ2n) is 3.91. The number of hydrogen-bond acceptors (Lipinski definition) is 4. The van der Waals surface area contributed by atoms with Crippen LogP contribution in [-0.4, -0.2) is 48.2 Å². The van der Waals surface area contributed by atoms with Crippen molar-refractivity contribution in [2.75, 3.05) is 26.3 Å². The molecular formula is C11H23N3O3. The van der Waals surface area contributed by atoms with Crippen LogP contribution in [0.1, 0.15) is 27.2 Å². The molecule has 1 unspecified atom stereocenters. The number of nitrogens with two attached hydrogens (primary N) is 1. The van der Waals surface area contributed by atoms with E-state index in [4.69, 9.17) is 15.7 Å². The third kappa shape index (κ3) is 6.11. The lowest BCUT2D eigenvalue weighted by Crippen LogP contribution is -2.40. The Balaban J connectivity index is 4.18. The van der Waals surface area contributed by atoms with E-state index < -0.39 is 0 Å². The van der Waals surface area contributed by atoms with Crippen molar-refractivity contribution in [3.8, 4) is 0 Å². The molecule has 1 amide bonds. The van der Waals surface area contributed by atoms with Crippen LogP contribution in [0.4, 0.5) is 0 Å². The maximum atomic E-state index is 11.8. The van der Waals surface area contributed by atoms with Gasteiger partial charge in [0, 0.05) is 25.6 Å². The standard InChI is InChI=1S/C11H23N3O3/c1-4-6-17-8-10(15)14(5-2)7-9(3)11(12)13-16/h9,16H,4-8H2,1-3H3,(H2,12,13). The van der Waals surface area contributed by atoms with E-state index in [1.165, 1.54) is 0 Å². The van der Waals surface area contributed by atoms with E-state index in [2.05, 4.69) is 5.16 Å². The first kappa shape index (κ1) is 15.7. The molecule has 0 rings (SSSR count). The smallest absolute Gasteiger partial charge is 0.248 e. The first-order valence-corrected chi connectivity index (χ1v) is 5.89. The van der Waals surface area contributed by atoms with Crippen LogP contribution in [0.15, 0.2) is 5.16 Å². The zero-order valence-electron chi connectivity index (χ0n) is 10.8. The molecule has 0 aliphatic carbocycles. The predicted octanol–water partition coefficient (Wildman–Crippen LogP) is 0.644. The summed E-state index contributed by atoms with van der Waals surface area (Å²) in [5, 5.41) is 11.5. The van der Waals surface area contributed by atoms with Gasteiger partial charge in [-0.05, 0) is 13.3 Å². The van der Waals surface area contributed by atoms with Gasteiger partial charge in [-0.15, -0.1) is 0 Å². The van der Waals surface area contributed by atoms with E-state index in [0.29, 0.717) is 19.7 Å². The van der Waals surface area contributed by atoms with Crippen LogP contribution in [0.25, 0.3) is 0 Å². The Morgan fingerprint density at radius 2 is 2.18 bits per heavy atom. The fourth-order valence-electron chi connectivity index (χ4n) is 1.33. The number of carbonyl (C=O) groups excluding carboxylic acids is 1. The molecule has 0 saturated heterocycles. The molecule has 0 heterocycles. The zero-order valence-corrected chi connectivity index (χ0v) is 10.8. The normalized spacial score (nSPS) is 13.5. The number of amides is 1. The Kier molecular flexibility index (Phi) is 8.13. The third-order valence-electron chi connectivity index (χ3n) is 2.42. The fraction of sp³-hybridized carbons (Fsp3) is 0.818. The SMILES string of the molecule is CCCOCC(=O)N(CC)CC(C)C(N)=NO. The van der Waals surface area contributed by atoms with E-state index in [0.717, 1.165) is 6.42 Å². The molecule has 0 bridgehead atoms. The number of nitrogens with zero attached hydrogens (tertiary/aromatic N) is 2. The Bertz CT molecular complexity index is 256. The molecule has 1 atom stereocenters. The highest BCUT2D eigenvalue weighted by molar-refractivity contribution is 5.83. The summed E-state index contributed by atoms with van der Waals surface area (Å²) in [5.74, 6) is -0.112. The minimum atomic E-state index is -0.171. The maximum Gasteiger partial charge on any atom is 0.248 e. The summed E-state index contributed by atoms with van der Waals surface area (Å²) in [6.07, 6.45) is 0.889. The number of hydrogen-bond donors (Lipinski definition) is 2. The number of amidine groups is 1. The summed E-state index contributed by atoms with van der Waals surface area (Å²) in [4.78, 5) is 13.4.